The van der Waals surface area contributed by atoms with E-state index in [9.17, 15) is 0 Å². The van der Waals surface area contributed by atoms with Crippen molar-refractivity contribution < 1.29 is 18.9 Å². The average molecular weight is 541 g/mol. The van der Waals surface area contributed by atoms with Crippen LogP contribution in [0.5, 0.6) is 17.2 Å². The van der Waals surface area contributed by atoms with Crippen LogP contribution in [0, 0.1) is 5.41 Å². The predicted molar refractivity (Wildman–Crippen MR) is 157 cm³/mol. The molecular weight excluding hydrogens is 504 g/mol. The van der Waals surface area contributed by atoms with Gasteiger partial charge in [0.2, 0.25) is 5.95 Å². The van der Waals surface area contributed by atoms with Crippen LogP contribution in [0.2, 0.25) is 0 Å². The third-order valence-electron chi connectivity index (χ3n) is 7.13. The summed E-state index contributed by atoms with van der Waals surface area (Å²) in [5.74, 6) is 2.78. The molecule has 8 heteroatoms. The van der Waals surface area contributed by atoms with Gasteiger partial charge in [0.25, 0.3) is 0 Å². The van der Waals surface area contributed by atoms with Crippen LogP contribution in [0.25, 0.3) is 11.1 Å². The van der Waals surface area contributed by atoms with E-state index in [0.717, 1.165) is 52.3 Å². The van der Waals surface area contributed by atoms with Crippen LogP contribution in [0.1, 0.15) is 36.5 Å². The lowest BCUT2D eigenvalue weighted by Crippen LogP contribution is -2.20. The number of nitrogens with two attached hydrogens (primary N) is 2. The van der Waals surface area contributed by atoms with Crippen LogP contribution >= 0.6 is 0 Å². The van der Waals surface area contributed by atoms with E-state index in [-0.39, 0.29) is 11.4 Å². The largest absolute Gasteiger partial charge is 0.497 e. The lowest BCUT2D eigenvalue weighted by Gasteiger charge is -2.21. The number of ether oxygens (including phenoxy) is 4. The fourth-order valence-corrected chi connectivity index (χ4v) is 4.66. The third-order valence-corrected chi connectivity index (χ3v) is 7.13. The number of hydrogen-bond donors (Lipinski definition) is 2. The zero-order valence-corrected chi connectivity index (χ0v) is 23.1. The maximum Gasteiger partial charge on any atom is 0.221 e. The monoisotopic (exact) mass is 540 g/mol. The summed E-state index contributed by atoms with van der Waals surface area (Å²) < 4.78 is 24.3. The normalized spacial score (nSPS) is 13.6. The summed E-state index contributed by atoms with van der Waals surface area (Å²) in [6, 6.07) is 22.2. The van der Waals surface area contributed by atoms with Crippen LogP contribution in [0.4, 0.5) is 11.8 Å². The molecule has 0 bridgehead atoms. The van der Waals surface area contributed by atoms with Crippen molar-refractivity contribution >= 4 is 11.8 Å². The second-order valence-electron chi connectivity index (χ2n) is 10.2. The Kier molecular flexibility index (Phi) is 8.36. The van der Waals surface area contributed by atoms with E-state index < -0.39 is 0 Å². The van der Waals surface area contributed by atoms with Crippen molar-refractivity contribution in [3.8, 4) is 28.4 Å². The van der Waals surface area contributed by atoms with Crippen molar-refractivity contribution in [2.45, 2.75) is 32.8 Å². The van der Waals surface area contributed by atoms with E-state index in [4.69, 9.17) is 30.4 Å². The quantitative estimate of drug-likeness (QED) is 0.223. The Balaban J connectivity index is 1.42. The van der Waals surface area contributed by atoms with Crippen LogP contribution in [-0.2, 0) is 17.8 Å². The lowest BCUT2D eigenvalue weighted by atomic mass is 9.98. The molecule has 0 atom stereocenters. The Hall–Kier alpha value is -4.30. The summed E-state index contributed by atoms with van der Waals surface area (Å²) in [4.78, 5) is 8.24. The van der Waals surface area contributed by atoms with Gasteiger partial charge in [0.15, 0.2) is 0 Å². The molecule has 0 aliphatic heterocycles. The molecule has 1 fully saturated rings. The average Bonchev–Trinajstić information content (AvgIpc) is 3.74. The molecule has 1 aliphatic rings. The van der Waals surface area contributed by atoms with Gasteiger partial charge in [0, 0.05) is 23.6 Å². The molecule has 5 rings (SSSR count). The van der Waals surface area contributed by atoms with E-state index in [0.29, 0.717) is 38.7 Å². The van der Waals surface area contributed by atoms with Gasteiger partial charge in [0.05, 0.1) is 39.1 Å². The summed E-state index contributed by atoms with van der Waals surface area (Å²) in [6.07, 6.45) is 4.31. The van der Waals surface area contributed by atoms with Gasteiger partial charge >= 0.3 is 0 Å². The molecule has 3 aromatic carbocycles. The van der Waals surface area contributed by atoms with Gasteiger partial charge < -0.3 is 30.4 Å². The summed E-state index contributed by atoms with van der Waals surface area (Å²) in [7, 11) is 1.66. The standard InChI is InChI=1S/C32H36N4O4/c1-3-39-27-16-23(15-25-18-35-31(34)36-30(25)33)17-28(29(27)24-9-11-26(37-2)12-10-24)40-21-32(13-14-32)20-38-19-22-7-5-4-6-8-22/h4-12,16-18H,3,13-15,19-21H2,1-2H3,(H4,33,34,35,36). The van der Waals surface area contributed by atoms with Crippen molar-refractivity contribution in [3.05, 3.63) is 89.6 Å². The van der Waals surface area contributed by atoms with Gasteiger partial charge in [-0.2, -0.15) is 4.98 Å². The molecule has 0 amide bonds. The highest BCUT2D eigenvalue weighted by molar-refractivity contribution is 5.78. The van der Waals surface area contributed by atoms with Crippen LogP contribution in [-0.4, -0.2) is 36.9 Å². The van der Waals surface area contributed by atoms with E-state index >= 15 is 0 Å². The summed E-state index contributed by atoms with van der Waals surface area (Å²) >= 11 is 0. The van der Waals surface area contributed by atoms with Crippen LogP contribution < -0.4 is 25.7 Å². The topological polar surface area (TPSA) is 115 Å². The van der Waals surface area contributed by atoms with Gasteiger partial charge in [-0.3, -0.25) is 0 Å². The molecule has 1 saturated carbocycles. The second kappa shape index (κ2) is 12.3. The molecule has 1 aliphatic carbocycles. The Morgan fingerprint density at radius 1 is 0.875 bits per heavy atom. The molecule has 0 radical (unpaired) electrons. The molecule has 1 heterocycles. The van der Waals surface area contributed by atoms with Crippen LogP contribution in [0.15, 0.2) is 72.9 Å². The van der Waals surface area contributed by atoms with Gasteiger partial charge in [-0.25, -0.2) is 4.98 Å². The Morgan fingerprint density at radius 2 is 1.60 bits per heavy atom. The van der Waals surface area contributed by atoms with Crippen molar-refractivity contribution in [1.82, 2.24) is 9.97 Å². The van der Waals surface area contributed by atoms with Gasteiger partial charge in [-0.05, 0) is 60.7 Å². The Morgan fingerprint density at radius 3 is 2.25 bits per heavy atom. The molecule has 0 saturated heterocycles. The minimum atomic E-state index is 0.00294. The van der Waals surface area contributed by atoms with E-state index in [1.807, 2.05) is 55.5 Å². The highest BCUT2D eigenvalue weighted by atomic mass is 16.5. The maximum absolute atomic E-state index is 6.62. The molecule has 1 aromatic heterocycles. The van der Waals surface area contributed by atoms with E-state index in [2.05, 4.69) is 28.2 Å². The number of methoxy groups -OCH3 is 1. The smallest absolute Gasteiger partial charge is 0.221 e. The van der Waals surface area contributed by atoms with Crippen molar-refractivity contribution in [1.29, 1.82) is 0 Å². The van der Waals surface area contributed by atoms with Crippen LogP contribution in [0.3, 0.4) is 0 Å². The highest BCUT2D eigenvalue weighted by Gasteiger charge is 2.44. The number of hydrogen-bond acceptors (Lipinski definition) is 8. The first-order valence-corrected chi connectivity index (χ1v) is 13.5. The van der Waals surface area contributed by atoms with Crippen molar-refractivity contribution in [2.24, 2.45) is 5.41 Å². The molecule has 4 aromatic rings. The van der Waals surface area contributed by atoms with Crippen molar-refractivity contribution in [2.75, 3.05) is 38.4 Å². The highest BCUT2D eigenvalue weighted by Crippen LogP contribution is 2.48. The number of anilines is 2. The zero-order chi connectivity index (χ0) is 28.0. The van der Waals surface area contributed by atoms with Gasteiger partial charge in [-0.1, -0.05) is 42.5 Å². The molecular formula is C32H36N4O4. The minimum Gasteiger partial charge on any atom is -0.497 e. The molecule has 0 unspecified atom stereocenters. The first-order valence-electron chi connectivity index (χ1n) is 13.5. The second-order valence-corrected chi connectivity index (χ2v) is 10.2. The number of aromatic nitrogens is 2. The van der Waals surface area contributed by atoms with Gasteiger partial charge in [-0.15, -0.1) is 0 Å². The molecule has 4 N–H and O–H groups in total. The minimum absolute atomic E-state index is 0.00294. The molecule has 0 spiro atoms. The predicted octanol–water partition coefficient (Wildman–Crippen LogP) is 5.68. The first-order chi connectivity index (χ1) is 19.5. The Bertz CT molecular complexity index is 1420. The third kappa shape index (κ3) is 6.63. The SMILES string of the molecule is CCOc1cc(Cc2cnc(N)nc2N)cc(OCC2(COCc3ccccc3)CC2)c1-c1ccc(OC)cc1. The molecule has 208 valence electrons. The Labute approximate surface area is 235 Å². The zero-order valence-electron chi connectivity index (χ0n) is 23.1. The number of rotatable bonds is 13. The number of benzene rings is 3. The summed E-state index contributed by atoms with van der Waals surface area (Å²) in [6.45, 7) is 4.27. The van der Waals surface area contributed by atoms with Gasteiger partial charge in [0.1, 0.15) is 23.1 Å². The molecule has 8 nitrogen and oxygen atoms in total. The molecule has 40 heavy (non-hydrogen) atoms. The number of nitrogens with zero attached hydrogens (tertiary/aromatic N) is 2. The fraction of sp³-hybridized carbons (Fsp3) is 0.312. The fourth-order valence-electron chi connectivity index (χ4n) is 4.66. The summed E-state index contributed by atoms with van der Waals surface area (Å²) in [5.41, 5.74) is 16.7. The lowest BCUT2D eigenvalue weighted by molar-refractivity contribution is 0.0569. The van der Waals surface area contributed by atoms with E-state index in [1.165, 1.54) is 5.56 Å². The first kappa shape index (κ1) is 27.3. The maximum atomic E-state index is 6.62. The number of nitrogen functional groups attached to an aromatic ring is 2. The van der Waals surface area contributed by atoms with Crippen molar-refractivity contribution in [3.63, 3.8) is 0 Å². The summed E-state index contributed by atoms with van der Waals surface area (Å²) in [5, 5.41) is 0. The van der Waals surface area contributed by atoms with E-state index in [1.54, 1.807) is 13.3 Å².